The summed E-state index contributed by atoms with van der Waals surface area (Å²) in [5.74, 6) is -0.961. The lowest BCUT2D eigenvalue weighted by Crippen LogP contribution is -2.39. The molecule has 0 unspecified atom stereocenters. The topological polar surface area (TPSA) is 62.7 Å². The first-order valence-electron chi connectivity index (χ1n) is 12.6. The van der Waals surface area contributed by atoms with Crippen molar-refractivity contribution < 1.29 is 14.6 Å². The molecule has 0 saturated carbocycles. The third kappa shape index (κ3) is 6.59. The summed E-state index contributed by atoms with van der Waals surface area (Å²) < 4.78 is 6.14. The smallest absolute Gasteiger partial charge is 0.337 e. The Hall–Kier alpha value is -2.40. The van der Waals surface area contributed by atoms with Crippen LogP contribution in [0.4, 0.5) is 5.69 Å². The highest BCUT2D eigenvalue weighted by molar-refractivity contribution is 5.79. The Labute approximate surface area is 205 Å². The first kappa shape index (κ1) is 26.2. The van der Waals surface area contributed by atoms with Gasteiger partial charge in [-0.1, -0.05) is 44.2 Å². The average Bonchev–Trinajstić information content (AvgIpc) is 2.74. The van der Waals surface area contributed by atoms with E-state index >= 15 is 0 Å². The van der Waals surface area contributed by atoms with Gasteiger partial charge in [0.1, 0.15) is 0 Å². The molecule has 1 saturated heterocycles. The molecule has 1 aromatic carbocycles. The van der Waals surface area contributed by atoms with E-state index in [1.165, 1.54) is 11.1 Å². The highest BCUT2D eigenvalue weighted by Crippen LogP contribution is 2.41. The summed E-state index contributed by atoms with van der Waals surface area (Å²) in [6, 6.07) is 10.5. The molecular formula is C29H42N2O3. The van der Waals surface area contributed by atoms with Gasteiger partial charge in [-0.3, -0.25) is 4.98 Å². The molecule has 1 N–H and O–H groups in total. The fraction of sp³-hybridized carbons (Fsp3) is 0.586. The number of carboxylic acids is 1. The molecule has 1 atom stereocenters. The van der Waals surface area contributed by atoms with Gasteiger partial charge in [0.25, 0.3) is 0 Å². The van der Waals surface area contributed by atoms with Crippen molar-refractivity contribution in [3.05, 3.63) is 58.4 Å². The van der Waals surface area contributed by atoms with E-state index < -0.39 is 17.7 Å². The number of carboxylic acid groups (broad SMARTS) is 1. The van der Waals surface area contributed by atoms with Crippen LogP contribution in [-0.2, 0) is 22.4 Å². The largest absolute Gasteiger partial charge is 0.479 e. The number of benzene rings is 1. The van der Waals surface area contributed by atoms with Gasteiger partial charge < -0.3 is 14.7 Å². The first-order chi connectivity index (χ1) is 15.9. The molecular weight excluding hydrogens is 424 g/mol. The van der Waals surface area contributed by atoms with Gasteiger partial charge in [-0.2, -0.15) is 0 Å². The summed E-state index contributed by atoms with van der Waals surface area (Å²) in [7, 11) is 0. The van der Waals surface area contributed by atoms with Crippen molar-refractivity contribution in [1.29, 1.82) is 0 Å². The Morgan fingerprint density at radius 2 is 1.71 bits per heavy atom. The minimum absolute atomic E-state index is 0.301. The SMILES string of the molecule is Cc1nc(C)c([C@H](OC(C)(C)C)C(=O)O)c(N2CCC(C)(C)CC2)c1CCCc1ccccc1. The standard InChI is InChI=1S/C29H42N2O3/c1-20-23(15-11-14-22-12-9-8-10-13-22)25(31-18-16-29(6,7)17-19-31)24(21(2)30-20)26(27(32)33)34-28(3,4)5/h8-10,12-13,26H,11,14-19H2,1-7H3,(H,32,33)/t26-/m0/s1. The average molecular weight is 467 g/mol. The molecule has 3 rings (SSSR count). The van der Waals surface area contributed by atoms with E-state index in [9.17, 15) is 9.90 Å². The molecule has 0 bridgehead atoms. The summed E-state index contributed by atoms with van der Waals surface area (Å²) in [4.78, 5) is 19.7. The zero-order chi connectivity index (χ0) is 25.1. The Morgan fingerprint density at radius 3 is 2.26 bits per heavy atom. The second kappa shape index (κ2) is 10.5. The molecule has 0 spiro atoms. The van der Waals surface area contributed by atoms with Gasteiger partial charge in [0.15, 0.2) is 6.10 Å². The van der Waals surface area contributed by atoms with Crippen molar-refractivity contribution in [3.8, 4) is 0 Å². The number of rotatable bonds is 8. The number of hydrogen-bond donors (Lipinski definition) is 1. The summed E-state index contributed by atoms with van der Waals surface area (Å²) in [6.07, 6.45) is 3.93. The lowest BCUT2D eigenvalue weighted by atomic mass is 9.82. The van der Waals surface area contributed by atoms with E-state index in [0.717, 1.165) is 67.8 Å². The van der Waals surface area contributed by atoms with E-state index in [2.05, 4.69) is 49.9 Å². The number of nitrogens with zero attached hydrogens (tertiary/aromatic N) is 2. The lowest BCUT2D eigenvalue weighted by molar-refractivity contribution is -0.160. The highest BCUT2D eigenvalue weighted by atomic mass is 16.5. The van der Waals surface area contributed by atoms with Gasteiger partial charge >= 0.3 is 5.97 Å². The van der Waals surface area contributed by atoms with Crippen LogP contribution in [0.2, 0.25) is 0 Å². The van der Waals surface area contributed by atoms with Gasteiger partial charge in [-0.05, 0) is 83.3 Å². The zero-order valence-electron chi connectivity index (χ0n) is 22.1. The Morgan fingerprint density at radius 1 is 1.09 bits per heavy atom. The molecule has 0 amide bonds. The van der Waals surface area contributed by atoms with Gasteiger partial charge in [0.2, 0.25) is 0 Å². The van der Waals surface area contributed by atoms with Crippen LogP contribution in [0, 0.1) is 19.3 Å². The molecule has 2 heterocycles. The van der Waals surface area contributed by atoms with E-state index in [0.29, 0.717) is 5.41 Å². The fourth-order valence-electron chi connectivity index (χ4n) is 4.89. The molecule has 0 radical (unpaired) electrons. The van der Waals surface area contributed by atoms with Crippen molar-refractivity contribution >= 4 is 11.7 Å². The predicted molar refractivity (Wildman–Crippen MR) is 139 cm³/mol. The summed E-state index contributed by atoms with van der Waals surface area (Å²) in [6.45, 7) is 16.2. The van der Waals surface area contributed by atoms with Gasteiger partial charge in [0, 0.05) is 35.7 Å². The first-order valence-corrected chi connectivity index (χ1v) is 12.6. The number of hydrogen-bond acceptors (Lipinski definition) is 4. The van der Waals surface area contributed by atoms with Crippen molar-refractivity contribution in [3.63, 3.8) is 0 Å². The zero-order valence-corrected chi connectivity index (χ0v) is 22.1. The van der Waals surface area contributed by atoms with E-state index in [-0.39, 0.29) is 0 Å². The van der Waals surface area contributed by atoms with Crippen LogP contribution >= 0.6 is 0 Å². The van der Waals surface area contributed by atoms with Gasteiger partial charge in [-0.25, -0.2) is 4.79 Å². The maximum Gasteiger partial charge on any atom is 0.337 e. The Kier molecular flexibility index (Phi) is 8.07. The van der Waals surface area contributed by atoms with Crippen molar-refractivity contribution in [2.24, 2.45) is 5.41 Å². The minimum Gasteiger partial charge on any atom is -0.479 e. The number of aromatic nitrogens is 1. The number of ether oxygens (including phenoxy) is 1. The van der Waals surface area contributed by atoms with Crippen LogP contribution in [-0.4, -0.2) is 34.8 Å². The van der Waals surface area contributed by atoms with Crippen molar-refractivity contribution in [1.82, 2.24) is 4.98 Å². The summed E-state index contributed by atoms with van der Waals surface area (Å²) in [5.41, 5.74) is 5.72. The number of anilines is 1. The maximum atomic E-state index is 12.5. The number of piperidine rings is 1. The molecule has 1 fully saturated rings. The summed E-state index contributed by atoms with van der Waals surface area (Å²) >= 11 is 0. The second-order valence-electron chi connectivity index (χ2n) is 11.5. The monoisotopic (exact) mass is 466 g/mol. The Balaban J connectivity index is 2.06. The second-order valence-corrected chi connectivity index (χ2v) is 11.5. The molecule has 1 aromatic heterocycles. The van der Waals surface area contributed by atoms with Crippen LogP contribution in [0.5, 0.6) is 0 Å². The fourth-order valence-corrected chi connectivity index (χ4v) is 4.89. The minimum atomic E-state index is -1.05. The van der Waals surface area contributed by atoms with Crippen molar-refractivity contribution in [2.75, 3.05) is 18.0 Å². The Bertz CT molecular complexity index is 983. The number of carbonyl (C=O) groups is 1. The quantitative estimate of drug-likeness (QED) is 0.485. The van der Waals surface area contributed by atoms with Gasteiger partial charge in [-0.15, -0.1) is 0 Å². The van der Waals surface area contributed by atoms with E-state index in [4.69, 9.17) is 9.72 Å². The van der Waals surface area contributed by atoms with E-state index in [1.54, 1.807) is 0 Å². The van der Waals surface area contributed by atoms with Crippen LogP contribution in [0.1, 0.15) is 88.1 Å². The van der Waals surface area contributed by atoms with E-state index in [1.807, 2.05) is 33.8 Å². The number of aryl methyl sites for hydroxylation is 3. The normalized spacial score (nSPS) is 17.0. The highest BCUT2D eigenvalue weighted by Gasteiger charge is 2.36. The molecule has 1 aliphatic heterocycles. The van der Waals surface area contributed by atoms with Gasteiger partial charge in [0.05, 0.1) is 5.60 Å². The molecule has 2 aromatic rings. The third-order valence-corrected chi connectivity index (χ3v) is 6.83. The van der Waals surface area contributed by atoms with Crippen LogP contribution in [0.25, 0.3) is 0 Å². The van der Waals surface area contributed by atoms with Crippen LogP contribution in [0.3, 0.4) is 0 Å². The molecule has 5 heteroatoms. The molecule has 34 heavy (non-hydrogen) atoms. The molecule has 5 nitrogen and oxygen atoms in total. The van der Waals surface area contributed by atoms with Crippen LogP contribution < -0.4 is 4.90 Å². The molecule has 1 aliphatic rings. The maximum absolute atomic E-state index is 12.5. The molecule has 186 valence electrons. The lowest BCUT2D eigenvalue weighted by Gasteiger charge is -2.41. The number of pyridine rings is 1. The van der Waals surface area contributed by atoms with Crippen molar-refractivity contribution in [2.45, 2.75) is 92.3 Å². The molecule has 0 aliphatic carbocycles. The predicted octanol–water partition coefficient (Wildman–Crippen LogP) is 6.44. The van der Waals surface area contributed by atoms with Crippen LogP contribution in [0.15, 0.2) is 30.3 Å². The number of aliphatic carboxylic acids is 1. The third-order valence-electron chi connectivity index (χ3n) is 6.83. The summed E-state index contributed by atoms with van der Waals surface area (Å²) in [5, 5.41) is 10.2.